The fraction of sp³-hybridized carbons (Fsp3) is 0.533. The maximum absolute atomic E-state index is 8.70. The Kier molecular flexibility index (Phi) is 6.24. The monoisotopic (exact) mass is 246 g/mol. The van der Waals surface area contributed by atoms with Gasteiger partial charge in [-0.1, -0.05) is 13.8 Å². The Hall–Kier alpha value is -1.53. The van der Waals surface area contributed by atoms with Gasteiger partial charge in [0.1, 0.15) is 12.4 Å². The average Bonchev–Trinajstić information content (AvgIpc) is 2.43. The van der Waals surface area contributed by atoms with Gasteiger partial charge in [0.15, 0.2) is 0 Å². The minimum Gasteiger partial charge on any atom is -0.492 e. The number of hydrogen-bond acceptors (Lipinski definition) is 3. The summed E-state index contributed by atoms with van der Waals surface area (Å²) < 4.78 is 5.68. The molecule has 0 aromatic heterocycles. The second kappa shape index (κ2) is 7.73. The number of rotatable bonds is 7. The Morgan fingerprint density at radius 3 is 2.44 bits per heavy atom. The van der Waals surface area contributed by atoms with Crippen molar-refractivity contribution in [3.05, 3.63) is 29.8 Å². The standard InChI is InChI=1S/C15H22N2O/c1-4-13(3)17(5-2)10-11-18-15-8-6-14(12-16)7-9-15/h6-9,13H,4-5,10-11H2,1-3H3. The van der Waals surface area contributed by atoms with E-state index in [1.807, 2.05) is 12.1 Å². The third-order valence-corrected chi connectivity index (χ3v) is 3.25. The Balaban J connectivity index is 2.38. The quantitative estimate of drug-likeness (QED) is 0.742. The van der Waals surface area contributed by atoms with Gasteiger partial charge < -0.3 is 4.74 Å². The van der Waals surface area contributed by atoms with Crippen molar-refractivity contribution >= 4 is 0 Å². The molecule has 0 saturated carbocycles. The summed E-state index contributed by atoms with van der Waals surface area (Å²) in [4.78, 5) is 2.41. The molecule has 0 spiro atoms. The fourth-order valence-electron chi connectivity index (χ4n) is 1.85. The Morgan fingerprint density at radius 1 is 1.28 bits per heavy atom. The van der Waals surface area contributed by atoms with Gasteiger partial charge in [-0.2, -0.15) is 5.26 Å². The van der Waals surface area contributed by atoms with Gasteiger partial charge >= 0.3 is 0 Å². The number of ether oxygens (including phenoxy) is 1. The predicted octanol–water partition coefficient (Wildman–Crippen LogP) is 3.06. The zero-order valence-corrected chi connectivity index (χ0v) is 11.5. The highest BCUT2D eigenvalue weighted by atomic mass is 16.5. The lowest BCUT2D eigenvalue weighted by Gasteiger charge is -2.26. The first-order valence-electron chi connectivity index (χ1n) is 6.58. The summed E-state index contributed by atoms with van der Waals surface area (Å²) in [6.07, 6.45) is 1.16. The molecule has 0 heterocycles. The van der Waals surface area contributed by atoms with Gasteiger partial charge in [-0.25, -0.2) is 0 Å². The van der Waals surface area contributed by atoms with Crippen molar-refractivity contribution in [1.29, 1.82) is 5.26 Å². The molecule has 3 heteroatoms. The minimum atomic E-state index is 0.597. The van der Waals surface area contributed by atoms with Crippen LogP contribution in [0.1, 0.15) is 32.8 Å². The highest BCUT2D eigenvalue weighted by Crippen LogP contribution is 2.11. The lowest BCUT2D eigenvalue weighted by Crippen LogP contribution is -2.35. The van der Waals surface area contributed by atoms with E-state index in [-0.39, 0.29) is 0 Å². The molecule has 3 nitrogen and oxygen atoms in total. The van der Waals surface area contributed by atoms with Crippen molar-refractivity contribution in [2.75, 3.05) is 19.7 Å². The van der Waals surface area contributed by atoms with Gasteiger partial charge in [0.05, 0.1) is 11.6 Å². The van der Waals surface area contributed by atoms with Gasteiger partial charge in [0.2, 0.25) is 0 Å². The van der Waals surface area contributed by atoms with Crippen molar-refractivity contribution in [3.8, 4) is 11.8 Å². The lowest BCUT2D eigenvalue weighted by atomic mass is 10.2. The molecule has 1 rings (SSSR count). The van der Waals surface area contributed by atoms with Crippen molar-refractivity contribution in [2.24, 2.45) is 0 Å². The maximum atomic E-state index is 8.70. The first kappa shape index (κ1) is 14.5. The maximum Gasteiger partial charge on any atom is 0.119 e. The highest BCUT2D eigenvalue weighted by molar-refractivity contribution is 5.34. The molecule has 18 heavy (non-hydrogen) atoms. The van der Waals surface area contributed by atoms with E-state index < -0.39 is 0 Å². The van der Waals surface area contributed by atoms with E-state index in [1.165, 1.54) is 0 Å². The van der Waals surface area contributed by atoms with Gasteiger partial charge in [0, 0.05) is 12.6 Å². The summed E-state index contributed by atoms with van der Waals surface area (Å²) in [6, 6.07) is 9.94. The van der Waals surface area contributed by atoms with E-state index >= 15 is 0 Å². The van der Waals surface area contributed by atoms with Crippen LogP contribution in [-0.2, 0) is 0 Å². The van der Waals surface area contributed by atoms with Gasteiger partial charge in [-0.3, -0.25) is 4.90 Å². The number of benzene rings is 1. The van der Waals surface area contributed by atoms with E-state index in [4.69, 9.17) is 10.00 Å². The van der Waals surface area contributed by atoms with Crippen LogP contribution in [-0.4, -0.2) is 30.6 Å². The fourth-order valence-corrected chi connectivity index (χ4v) is 1.85. The highest BCUT2D eigenvalue weighted by Gasteiger charge is 2.09. The summed E-state index contributed by atoms with van der Waals surface area (Å²) in [5.41, 5.74) is 0.664. The SMILES string of the molecule is CCC(C)N(CC)CCOc1ccc(C#N)cc1. The van der Waals surface area contributed by atoms with Crippen LogP contribution in [0.3, 0.4) is 0 Å². The summed E-state index contributed by atoms with van der Waals surface area (Å²) in [6.45, 7) is 9.29. The topological polar surface area (TPSA) is 36.3 Å². The zero-order valence-electron chi connectivity index (χ0n) is 11.5. The molecule has 0 N–H and O–H groups in total. The summed E-state index contributed by atoms with van der Waals surface area (Å²) in [5, 5.41) is 8.70. The first-order chi connectivity index (χ1) is 8.71. The Morgan fingerprint density at radius 2 is 1.94 bits per heavy atom. The Labute approximate surface area is 110 Å². The molecule has 0 saturated heterocycles. The van der Waals surface area contributed by atoms with Crippen LogP contribution in [0, 0.1) is 11.3 Å². The second-order valence-corrected chi connectivity index (χ2v) is 4.37. The molecule has 0 amide bonds. The molecular formula is C15H22N2O. The molecule has 0 aliphatic heterocycles. The normalized spacial score (nSPS) is 12.2. The smallest absolute Gasteiger partial charge is 0.119 e. The predicted molar refractivity (Wildman–Crippen MR) is 73.7 cm³/mol. The number of likely N-dealkylation sites (N-methyl/N-ethyl adjacent to an activating group) is 1. The number of nitrogens with zero attached hydrogens (tertiary/aromatic N) is 2. The van der Waals surface area contributed by atoms with Crippen LogP contribution in [0.5, 0.6) is 5.75 Å². The molecule has 98 valence electrons. The van der Waals surface area contributed by atoms with Crippen LogP contribution in [0.25, 0.3) is 0 Å². The van der Waals surface area contributed by atoms with Crippen molar-refractivity contribution in [2.45, 2.75) is 33.2 Å². The van der Waals surface area contributed by atoms with Crippen molar-refractivity contribution in [1.82, 2.24) is 4.90 Å². The van der Waals surface area contributed by atoms with Crippen LogP contribution >= 0.6 is 0 Å². The van der Waals surface area contributed by atoms with Gasteiger partial charge in [-0.05, 0) is 44.2 Å². The van der Waals surface area contributed by atoms with Gasteiger partial charge in [0.25, 0.3) is 0 Å². The lowest BCUT2D eigenvalue weighted by molar-refractivity contribution is 0.171. The van der Waals surface area contributed by atoms with E-state index in [1.54, 1.807) is 12.1 Å². The molecule has 1 aromatic carbocycles. The second-order valence-electron chi connectivity index (χ2n) is 4.37. The Bertz CT molecular complexity index is 380. The molecule has 0 bridgehead atoms. The van der Waals surface area contributed by atoms with E-state index in [2.05, 4.69) is 31.7 Å². The van der Waals surface area contributed by atoms with E-state index in [0.717, 1.165) is 25.3 Å². The molecule has 1 unspecified atom stereocenters. The average molecular weight is 246 g/mol. The first-order valence-corrected chi connectivity index (χ1v) is 6.58. The summed E-state index contributed by atoms with van der Waals surface area (Å²) in [5.74, 6) is 0.828. The molecule has 0 radical (unpaired) electrons. The third kappa shape index (κ3) is 4.38. The molecule has 0 fully saturated rings. The molecular weight excluding hydrogens is 224 g/mol. The summed E-state index contributed by atoms with van der Waals surface area (Å²) >= 11 is 0. The number of hydrogen-bond donors (Lipinski definition) is 0. The van der Waals surface area contributed by atoms with Crippen LogP contribution < -0.4 is 4.74 Å². The van der Waals surface area contributed by atoms with Crippen LogP contribution in [0.15, 0.2) is 24.3 Å². The molecule has 1 aromatic rings. The third-order valence-electron chi connectivity index (χ3n) is 3.25. The van der Waals surface area contributed by atoms with Gasteiger partial charge in [-0.15, -0.1) is 0 Å². The minimum absolute atomic E-state index is 0.597. The van der Waals surface area contributed by atoms with Crippen LogP contribution in [0.4, 0.5) is 0 Å². The molecule has 0 aliphatic rings. The summed E-state index contributed by atoms with van der Waals surface area (Å²) in [7, 11) is 0. The molecule has 1 atom stereocenters. The number of nitriles is 1. The molecule has 0 aliphatic carbocycles. The van der Waals surface area contributed by atoms with E-state index in [0.29, 0.717) is 18.2 Å². The largest absolute Gasteiger partial charge is 0.492 e. The van der Waals surface area contributed by atoms with Crippen molar-refractivity contribution < 1.29 is 4.74 Å². The van der Waals surface area contributed by atoms with Crippen molar-refractivity contribution in [3.63, 3.8) is 0 Å². The zero-order chi connectivity index (χ0) is 13.4. The van der Waals surface area contributed by atoms with Crippen LogP contribution in [0.2, 0.25) is 0 Å². The van der Waals surface area contributed by atoms with E-state index in [9.17, 15) is 0 Å².